The molecule has 0 bridgehead atoms. The predicted octanol–water partition coefficient (Wildman–Crippen LogP) is 2.62. The lowest BCUT2D eigenvalue weighted by Crippen LogP contribution is -2.31. The second-order valence-corrected chi connectivity index (χ2v) is 9.44. The van der Waals surface area contributed by atoms with Crippen molar-refractivity contribution < 1.29 is 9.18 Å². The van der Waals surface area contributed by atoms with Gasteiger partial charge in [0.1, 0.15) is 19.5 Å². The second kappa shape index (κ2) is 10.5. The summed E-state index contributed by atoms with van der Waals surface area (Å²) in [6.07, 6.45) is 5.17. The zero-order chi connectivity index (χ0) is 25.1. The first kappa shape index (κ1) is 24.0. The number of benzene rings is 2. The maximum Gasteiger partial charge on any atom is 0.251 e. The van der Waals surface area contributed by atoms with Gasteiger partial charge in [-0.05, 0) is 68.1 Å². The molecular weight excluding hydrogens is 454 g/mol. The van der Waals surface area contributed by atoms with Gasteiger partial charge in [-0.3, -0.25) is 4.79 Å². The molecule has 1 aliphatic heterocycles. The van der Waals surface area contributed by atoms with Gasteiger partial charge >= 0.3 is 0 Å². The molecule has 184 valence electrons. The average Bonchev–Trinajstić information content (AvgIpc) is 3.48. The molecule has 9 heteroatoms. The van der Waals surface area contributed by atoms with Crippen LogP contribution in [0.1, 0.15) is 35.2 Å². The summed E-state index contributed by atoms with van der Waals surface area (Å²) >= 11 is 0. The Balaban J connectivity index is 1.25. The fraction of sp³-hybridized carbons (Fsp3) is 0.296. The summed E-state index contributed by atoms with van der Waals surface area (Å²) in [5, 5.41) is 10.9. The summed E-state index contributed by atoms with van der Waals surface area (Å²) in [5.41, 5.74) is 4.23. The summed E-state index contributed by atoms with van der Waals surface area (Å²) in [4.78, 5) is 19.6. The maximum absolute atomic E-state index is 14.4. The maximum atomic E-state index is 14.4. The number of amides is 1. The first-order valence-electron chi connectivity index (χ1n) is 12.4. The van der Waals surface area contributed by atoms with E-state index in [1.165, 1.54) is 18.9 Å². The van der Waals surface area contributed by atoms with Crippen molar-refractivity contribution in [2.24, 2.45) is 0 Å². The lowest BCUT2D eigenvalue weighted by Gasteiger charge is -2.19. The zero-order valence-corrected chi connectivity index (χ0v) is 20.7. The second-order valence-electron chi connectivity index (χ2n) is 9.44. The smallest absolute Gasteiger partial charge is 0.251 e. The van der Waals surface area contributed by atoms with Crippen LogP contribution in [-0.2, 0) is 6.54 Å². The first-order valence-corrected chi connectivity index (χ1v) is 12.4. The number of carbonyl (C=O) groups is 1. The number of hydrogen-bond acceptors (Lipinski definition) is 5. The lowest BCUT2D eigenvalue weighted by atomic mass is 10.0. The molecule has 1 saturated heterocycles. The predicted molar refractivity (Wildman–Crippen MR) is 143 cm³/mol. The minimum atomic E-state index is -0.318. The van der Waals surface area contributed by atoms with Crippen molar-refractivity contribution in [3.05, 3.63) is 77.7 Å². The summed E-state index contributed by atoms with van der Waals surface area (Å²) in [6.45, 7) is 2.34. The van der Waals surface area contributed by atoms with E-state index in [2.05, 4.69) is 32.7 Å². The highest BCUT2D eigenvalue weighted by Gasteiger charge is 2.20. The molecule has 0 spiro atoms. The van der Waals surface area contributed by atoms with E-state index in [9.17, 15) is 9.18 Å². The highest BCUT2D eigenvalue weighted by molar-refractivity contribution is 6.36. The fourth-order valence-corrected chi connectivity index (χ4v) is 4.77. The van der Waals surface area contributed by atoms with Gasteiger partial charge in [-0.15, -0.1) is 0 Å². The highest BCUT2D eigenvalue weighted by atomic mass is 19.1. The Labute approximate surface area is 211 Å². The number of nitrogens with one attached hydrogen (secondary N) is 2. The Hall–Kier alpha value is -3.72. The number of anilines is 1. The first-order chi connectivity index (χ1) is 17.5. The Bertz CT molecular complexity index is 1370. The van der Waals surface area contributed by atoms with E-state index >= 15 is 0 Å². The van der Waals surface area contributed by atoms with Crippen LogP contribution in [-0.4, -0.2) is 59.4 Å². The third-order valence-electron chi connectivity index (χ3n) is 6.92. The van der Waals surface area contributed by atoms with Crippen LogP contribution in [0, 0.1) is 5.82 Å². The van der Waals surface area contributed by atoms with Gasteiger partial charge < -0.3 is 15.5 Å². The van der Waals surface area contributed by atoms with E-state index in [-0.39, 0.29) is 11.7 Å². The number of likely N-dealkylation sites (tertiary alicyclic amines) is 1. The van der Waals surface area contributed by atoms with Crippen molar-refractivity contribution in [1.82, 2.24) is 24.8 Å². The SMILES string of the molecule is Bc1cnn2c(NCc3ccc(C(=O)NCCC4CCCN4C)cc3)cc(-c3ccccc3F)nc12. The van der Waals surface area contributed by atoms with Gasteiger partial charge in [0, 0.05) is 42.5 Å². The molecule has 36 heavy (non-hydrogen) atoms. The van der Waals surface area contributed by atoms with E-state index in [1.54, 1.807) is 35.0 Å². The van der Waals surface area contributed by atoms with Gasteiger partial charge in [0.15, 0.2) is 5.65 Å². The van der Waals surface area contributed by atoms with Crippen LogP contribution in [0.5, 0.6) is 0 Å². The van der Waals surface area contributed by atoms with Crippen molar-refractivity contribution in [2.75, 3.05) is 25.5 Å². The van der Waals surface area contributed by atoms with Crippen molar-refractivity contribution in [3.8, 4) is 11.3 Å². The Kier molecular flexibility index (Phi) is 7.00. The summed E-state index contributed by atoms with van der Waals surface area (Å²) in [7, 11) is 4.08. The fourth-order valence-electron chi connectivity index (χ4n) is 4.77. The molecule has 2 aromatic carbocycles. The Morgan fingerprint density at radius 1 is 1.19 bits per heavy atom. The molecule has 2 N–H and O–H groups in total. The zero-order valence-electron chi connectivity index (χ0n) is 20.7. The monoisotopic (exact) mass is 484 g/mol. The molecular formula is C27H30BFN6O. The summed E-state index contributed by atoms with van der Waals surface area (Å²) < 4.78 is 16.2. The summed E-state index contributed by atoms with van der Waals surface area (Å²) in [5.74, 6) is 0.346. The van der Waals surface area contributed by atoms with Gasteiger partial charge in [-0.2, -0.15) is 9.61 Å². The van der Waals surface area contributed by atoms with Crippen LogP contribution >= 0.6 is 0 Å². The minimum absolute atomic E-state index is 0.0486. The van der Waals surface area contributed by atoms with Gasteiger partial charge in [0.05, 0.1) is 5.69 Å². The molecule has 1 unspecified atom stereocenters. The quantitative estimate of drug-likeness (QED) is 0.377. The molecule has 1 aliphatic rings. The molecule has 2 aromatic heterocycles. The van der Waals surface area contributed by atoms with Crippen molar-refractivity contribution in [3.63, 3.8) is 0 Å². The van der Waals surface area contributed by atoms with E-state index in [4.69, 9.17) is 0 Å². The Morgan fingerprint density at radius 3 is 2.75 bits per heavy atom. The number of nitrogens with zero attached hydrogens (tertiary/aromatic N) is 4. The number of hydrogen-bond donors (Lipinski definition) is 2. The number of rotatable bonds is 8. The highest BCUT2D eigenvalue weighted by Crippen LogP contribution is 2.24. The molecule has 0 aliphatic carbocycles. The van der Waals surface area contributed by atoms with Gasteiger partial charge in [0.25, 0.3) is 5.91 Å². The molecule has 7 nitrogen and oxygen atoms in total. The van der Waals surface area contributed by atoms with Crippen molar-refractivity contribution in [2.45, 2.75) is 31.8 Å². The van der Waals surface area contributed by atoms with Crippen LogP contribution in [0.15, 0.2) is 60.8 Å². The molecule has 0 saturated carbocycles. The third-order valence-corrected chi connectivity index (χ3v) is 6.92. The molecule has 4 aromatic rings. The van der Waals surface area contributed by atoms with Crippen LogP contribution in [0.2, 0.25) is 0 Å². The van der Waals surface area contributed by atoms with Crippen molar-refractivity contribution in [1.29, 1.82) is 0 Å². The molecule has 3 heterocycles. The van der Waals surface area contributed by atoms with Crippen LogP contribution < -0.4 is 16.1 Å². The largest absolute Gasteiger partial charge is 0.366 e. The topological polar surface area (TPSA) is 74.6 Å². The minimum Gasteiger partial charge on any atom is -0.366 e. The average molecular weight is 484 g/mol. The third kappa shape index (κ3) is 5.11. The van der Waals surface area contributed by atoms with Gasteiger partial charge in [-0.25, -0.2) is 9.37 Å². The number of aromatic nitrogens is 3. The lowest BCUT2D eigenvalue weighted by molar-refractivity contribution is 0.0950. The molecule has 1 atom stereocenters. The normalized spacial score (nSPS) is 15.9. The van der Waals surface area contributed by atoms with Gasteiger partial charge in [-0.1, -0.05) is 24.3 Å². The molecule has 1 amide bonds. The van der Waals surface area contributed by atoms with Crippen LogP contribution in [0.4, 0.5) is 10.2 Å². The molecule has 0 radical (unpaired) electrons. The number of halogens is 1. The van der Waals surface area contributed by atoms with E-state index in [0.29, 0.717) is 47.4 Å². The van der Waals surface area contributed by atoms with Crippen molar-refractivity contribution >= 4 is 30.7 Å². The van der Waals surface area contributed by atoms with Crippen LogP contribution in [0.25, 0.3) is 16.9 Å². The van der Waals surface area contributed by atoms with E-state index in [1.807, 2.05) is 32.1 Å². The van der Waals surface area contributed by atoms with Gasteiger partial charge in [0.2, 0.25) is 0 Å². The Morgan fingerprint density at radius 2 is 2.00 bits per heavy atom. The van der Waals surface area contributed by atoms with E-state index < -0.39 is 0 Å². The summed E-state index contributed by atoms with van der Waals surface area (Å²) in [6, 6.07) is 16.6. The molecule has 1 fully saturated rings. The van der Waals surface area contributed by atoms with Crippen LogP contribution in [0.3, 0.4) is 0 Å². The standard InChI is InChI=1S/C27H30BFN6O/c1-34-14-4-5-20(34)12-13-30-27(36)19-10-8-18(9-11-19)16-31-25-15-24(21-6-2-3-7-23(21)29)33-26-22(28)17-32-35(25)26/h2-3,6-11,15,17,20,31H,4-5,12-14,16,28H2,1H3,(H,30,36). The number of fused-ring (bicyclic) bond motifs is 1. The molecule has 5 rings (SSSR count). The number of carbonyl (C=O) groups excluding carboxylic acids is 1. The van der Waals surface area contributed by atoms with E-state index in [0.717, 1.165) is 24.0 Å².